The van der Waals surface area contributed by atoms with Crippen LogP contribution in [0.2, 0.25) is 0 Å². The van der Waals surface area contributed by atoms with E-state index in [1.165, 1.54) is 11.1 Å². The standard InChI is InChI=1S/C22H29NO3/c1-15-7-6-12-22(2)20(26-22)19-17(11-10-15)18(21(24)25-19)14-23-13-16-8-4-3-5-9-16/h3-5,7-9,17-20,23H,6,10-14H2,1-2H3/b15-7+/t17-,18-,19-,20-,22+/m0/s1. The maximum absolute atomic E-state index is 12.6. The molecule has 0 saturated carbocycles. The molecule has 1 N–H and O–H groups in total. The van der Waals surface area contributed by atoms with Crippen molar-refractivity contribution < 1.29 is 14.3 Å². The first-order valence-corrected chi connectivity index (χ1v) is 9.85. The fraction of sp³-hybridized carbons (Fsp3) is 0.591. The highest BCUT2D eigenvalue weighted by atomic mass is 16.6. The molecule has 3 aliphatic rings. The summed E-state index contributed by atoms with van der Waals surface area (Å²) < 4.78 is 11.9. The normalized spacial score (nSPS) is 38.5. The van der Waals surface area contributed by atoms with Crippen molar-refractivity contribution in [3.63, 3.8) is 0 Å². The van der Waals surface area contributed by atoms with E-state index in [1.54, 1.807) is 0 Å². The molecule has 2 heterocycles. The Labute approximate surface area is 156 Å². The van der Waals surface area contributed by atoms with Gasteiger partial charge in [-0.2, -0.15) is 0 Å². The van der Waals surface area contributed by atoms with Crippen molar-refractivity contribution >= 4 is 5.97 Å². The predicted molar refractivity (Wildman–Crippen MR) is 101 cm³/mol. The van der Waals surface area contributed by atoms with Crippen LogP contribution >= 0.6 is 0 Å². The third-order valence-corrected chi connectivity index (χ3v) is 6.27. The molecule has 4 nitrogen and oxygen atoms in total. The first kappa shape index (κ1) is 17.7. The van der Waals surface area contributed by atoms with Crippen LogP contribution in [0.15, 0.2) is 42.0 Å². The Morgan fingerprint density at radius 1 is 1.27 bits per heavy atom. The van der Waals surface area contributed by atoms with E-state index >= 15 is 0 Å². The van der Waals surface area contributed by atoms with Gasteiger partial charge in [-0.1, -0.05) is 42.0 Å². The first-order chi connectivity index (χ1) is 12.6. The van der Waals surface area contributed by atoms with Crippen LogP contribution < -0.4 is 5.32 Å². The van der Waals surface area contributed by atoms with Crippen LogP contribution in [0.5, 0.6) is 0 Å². The van der Waals surface area contributed by atoms with Crippen molar-refractivity contribution in [1.82, 2.24) is 5.32 Å². The molecule has 1 aromatic rings. The number of nitrogens with one attached hydrogen (secondary N) is 1. The van der Waals surface area contributed by atoms with Gasteiger partial charge in [0.1, 0.15) is 12.2 Å². The molecular formula is C22H29NO3. The minimum absolute atomic E-state index is 0.0562. The third-order valence-electron chi connectivity index (χ3n) is 6.27. The van der Waals surface area contributed by atoms with Crippen LogP contribution in [-0.4, -0.2) is 30.3 Å². The summed E-state index contributed by atoms with van der Waals surface area (Å²) in [7, 11) is 0. The molecule has 0 radical (unpaired) electrons. The second-order valence-corrected chi connectivity index (χ2v) is 8.27. The number of hydrogen-bond acceptors (Lipinski definition) is 4. The lowest BCUT2D eigenvalue weighted by Crippen LogP contribution is -2.34. The van der Waals surface area contributed by atoms with E-state index in [-0.39, 0.29) is 35.6 Å². The Balaban J connectivity index is 1.44. The molecule has 4 rings (SSSR count). The second-order valence-electron chi connectivity index (χ2n) is 8.27. The molecule has 0 unspecified atom stereocenters. The lowest BCUT2D eigenvalue weighted by atomic mass is 9.80. The molecule has 1 aromatic carbocycles. The third kappa shape index (κ3) is 3.58. The average Bonchev–Trinajstić information content (AvgIpc) is 3.20. The van der Waals surface area contributed by atoms with Crippen LogP contribution in [0.25, 0.3) is 0 Å². The SMILES string of the molecule is C/C1=C\CC[C@@]2(C)O[C@H]2[C@H]2OC(=O)[C@@H](CNCc3ccccc3)[C@@H]2CC1. The number of rotatable bonds is 4. The Hall–Kier alpha value is -1.65. The molecule has 26 heavy (non-hydrogen) atoms. The minimum Gasteiger partial charge on any atom is -0.459 e. The van der Waals surface area contributed by atoms with Crippen molar-refractivity contribution in [3.05, 3.63) is 47.5 Å². The predicted octanol–water partition coefficient (Wildman–Crippen LogP) is 3.61. The van der Waals surface area contributed by atoms with E-state index in [2.05, 4.69) is 37.4 Å². The molecule has 2 saturated heterocycles. The quantitative estimate of drug-likeness (QED) is 0.509. The molecule has 0 aromatic heterocycles. The molecule has 0 bridgehead atoms. The highest BCUT2D eigenvalue weighted by Crippen LogP contribution is 2.50. The monoisotopic (exact) mass is 355 g/mol. The molecular weight excluding hydrogens is 326 g/mol. The van der Waals surface area contributed by atoms with Gasteiger partial charge in [0.05, 0.1) is 11.5 Å². The van der Waals surface area contributed by atoms with Crippen molar-refractivity contribution in [1.29, 1.82) is 0 Å². The summed E-state index contributed by atoms with van der Waals surface area (Å²) in [6.45, 7) is 5.80. The van der Waals surface area contributed by atoms with Crippen LogP contribution in [0.3, 0.4) is 0 Å². The summed E-state index contributed by atoms with van der Waals surface area (Å²) in [5, 5.41) is 3.46. The number of hydrogen-bond donors (Lipinski definition) is 1. The average molecular weight is 355 g/mol. The summed E-state index contributed by atoms with van der Waals surface area (Å²) in [5.74, 6) is 0.0997. The van der Waals surface area contributed by atoms with Gasteiger partial charge in [-0.25, -0.2) is 0 Å². The minimum atomic E-state index is -0.121. The van der Waals surface area contributed by atoms with Crippen molar-refractivity contribution in [2.24, 2.45) is 11.8 Å². The van der Waals surface area contributed by atoms with Gasteiger partial charge in [-0.3, -0.25) is 4.79 Å². The Morgan fingerprint density at radius 2 is 2.08 bits per heavy atom. The largest absolute Gasteiger partial charge is 0.459 e. The van der Waals surface area contributed by atoms with Crippen molar-refractivity contribution in [2.45, 2.75) is 63.9 Å². The van der Waals surface area contributed by atoms with Gasteiger partial charge in [0.2, 0.25) is 0 Å². The molecule has 140 valence electrons. The second kappa shape index (κ2) is 7.16. The van der Waals surface area contributed by atoms with Crippen LogP contribution in [0.1, 0.15) is 45.1 Å². The van der Waals surface area contributed by atoms with E-state index in [1.807, 2.05) is 18.2 Å². The molecule has 2 fully saturated rings. The van der Waals surface area contributed by atoms with Gasteiger partial charge in [-0.05, 0) is 45.1 Å². The summed E-state index contributed by atoms with van der Waals surface area (Å²) in [4.78, 5) is 12.6. The van der Waals surface area contributed by atoms with E-state index in [0.29, 0.717) is 6.54 Å². The summed E-state index contributed by atoms with van der Waals surface area (Å²) in [5.41, 5.74) is 2.53. The van der Waals surface area contributed by atoms with Gasteiger partial charge < -0.3 is 14.8 Å². The fourth-order valence-corrected chi connectivity index (χ4v) is 4.54. The Morgan fingerprint density at radius 3 is 2.88 bits per heavy atom. The van der Waals surface area contributed by atoms with Crippen LogP contribution in [0, 0.1) is 11.8 Å². The van der Waals surface area contributed by atoms with Crippen molar-refractivity contribution in [2.75, 3.05) is 6.54 Å². The van der Waals surface area contributed by atoms with Crippen molar-refractivity contribution in [3.8, 4) is 0 Å². The lowest BCUT2D eigenvalue weighted by molar-refractivity contribution is -0.144. The zero-order valence-electron chi connectivity index (χ0n) is 15.7. The maximum atomic E-state index is 12.6. The number of epoxide rings is 1. The number of ether oxygens (including phenoxy) is 2. The highest BCUT2D eigenvalue weighted by Gasteiger charge is 2.62. The van der Waals surface area contributed by atoms with Crippen LogP contribution in [-0.2, 0) is 20.8 Å². The molecule has 2 aliphatic heterocycles. The number of carbonyl (C=O) groups excluding carboxylic acids is 1. The Bertz CT molecular complexity index is 686. The number of allylic oxidation sites excluding steroid dienone is 2. The maximum Gasteiger partial charge on any atom is 0.311 e. The number of benzene rings is 1. The number of fused-ring (bicyclic) bond motifs is 3. The fourth-order valence-electron chi connectivity index (χ4n) is 4.54. The van der Waals surface area contributed by atoms with Crippen LogP contribution in [0.4, 0.5) is 0 Å². The van der Waals surface area contributed by atoms with E-state index in [0.717, 1.165) is 32.2 Å². The van der Waals surface area contributed by atoms with E-state index < -0.39 is 0 Å². The topological polar surface area (TPSA) is 50.9 Å². The summed E-state index contributed by atoms with van der Waals surface area (Å²) >= 11 is 0. The van der Waals surface area contributed by atoms with Gasteiger partial charge in [0, 0.05) is 19.0 Å². The lowest BCUT2D eigenvalue weighted by Gasteiger charge is -2.22. The van der Waals surface area contributed by atoms with Gasteiger partial charge >= 0.3 is 5.97 Å². The summed E-state index contributed by atoms with van der Waals surface area (Å²) in [6, 6.07) is 10.3. The molecule has 0 spiro atoms. The molecule has 0 amide bonds. The zero-order valence-corrected chi connectivity index (χ0v) is 15.7. The molecule has 4 heteroatoms. The Kier molecular flexibility index (Phi) is 4.89. The number of esters is 1. The first-order valence-electron chi connectivity index (χ1n) is 9.85. The molecule has 5 atom stereocenters. The summed E-state index contributed by atoms with van der Waals surface area (Å²) in [6.07, 6.45) is 6.41. The van der Waals surface area contributed by atoms with Gasteiger partial charge in [-0.15, -0.1) is 0 Å². The highest BCUT2D eigenvalue weighted by molar-refractivity contribution is 5.75. The number of carbonyl (C=O) groups is 1. The van der Waals surface area contributed by atoms with E-state index in [9.17, 15) is 4.79 Å². The van der Waals surface area contributed by atoms with E-state index in [4.69, 9.17) is 9.47 Å². The van der Waals surface area contributed by atoms with Gasteiger partial charge in [0.15, 0.2) is 0 Å². The smallest absolute Gasteiger partial charge is 0.311 e. The molecule has 1 aliphatic carbocycles. The van der Waals surface area contributed by atoms with Gasteiger partial charge in [0.25, 0.3) is 0 Å². The zero-order chi connectivity index (χ0) is 18.1.